The number of nitrogens with one attached hydrogen (secondary N) is 1. The summed E-state index contributed by atoms with van der Waals surface area (Å²) in [6.07, 6.45) is 10.9. The second kappa shape index (κ2) is 5.48. The normalized spacial score (nSPS) is 18.4. The van der Waals surface area contributed by atoms with Crippen LogP contribution in [-0.4, -0.2) is 16.8 Å². The monoisotopic (exact) mass is 221 g/mol. The smallest absolute Gasteiger partial charge is 0.0537 e. The van der Waals surface area contributed by atoms with Crippen LogP contribution in [0.5, 0.6) is 0 Å². The van der Waals surface area contributed by atoms with Gasteiger partial charge >= 0.3 is 0 Å². The van der Waals surface area contributed by atoms with Crippen molar-refractivity contribution in [1.29, 1.82) is 0 Å². The molecule has 2 rings (SSSR count). The van der Waals surface area contributed by atoms with Crippen LogP contribution in [0.25, 0.3) is 0 Å². The first-order valence-electron chi connectivity index (χ1n) is 6.53. The Labute approximate surface area is 98.2 Å². The Balaban J connectivity index is 1.95. The molecule has 1 aliphatic rings. The summed E-state index contributed by atoms with van der Waals surface area (Å²) in [7, 11) is 2.06. The first-order valence-corrected chi connectivity index (χ1v) is 6.53. The van der Waals surface area contributed by atoms with Gasteiger partial charge in [-0.05, 0) is 25.8 Å². The lowest BCUT2D eigenvalue weighted by Crippen LogP contribution is -2.22. The average molecular weight is 221 g/mol. The SMILES string of the molecule is CCCn1cc(C(CC2CCC2)NC)cn1. The molecule has 3 heteroatoms. The van der Waals surface area contributed by atoms with Crippen molar-refractivity contribution >= 4 is 0 Å². The summed E-state index contributed by atoms with van der Waals surface area (Å²) in [6.45, 7) is 3.21. The van der Waals surface area contributed by atoms with Gasteiger partial charge in [0, 0.05) is 24.3 Å². The molecule has 0 saturated heterocycles. The molecule has 1 heterocycles. The van der Waals surface area contributed by atoms with Gasteiger partial charge in [-0.25, -0.2) is 0 Å². The summed E-state index contributed by atoms with van der Waals surface area (Å²) in [5.41, 5.74) is 1.35. The van der Waals surface area contributed by atoms with Gasteiger partial charge in [0.25, 0.3) is 0 Å². The highest BCUT2D eigenvalue weighted by atomic mass is 15.3. The molecule has 3 nitrogen and oxygen atoms in total. The van der Waals surface area contributed by atoms with Crippen molar-refractivity contribution < 1.29 is 0 Å². The highest BCUT2D eigenvalue weighted by Gasteiger charge is 2.22. The number of hydrogen-bond acceptors (Lipinski definition) is 2. The van der Waals surface area contributed by atoms with Crippen molar-refractivity contribution in [2.75, 3.05) is 7.05 Å². The standard InChI is InChI=1S/C13H23N3/c1-3-7-16-10-12(9-15-16)13(14-2)8-11-5-4-6-11/h9-11,13-14H,3-8H2,1-2H3. The molecule has 1 unspecified atom stereocenters. The van der Waals surface area contributed by atoms with Gasteiger partial charge in [-0.2, -0.15) is 5.10 Å². The maximum absolute atomic E-state index is 4.40. The molecule has 0 radical (unpaired) electrons. The van der Waals surface area contributed by atoms with Crippen LogP contribution in [-0.2, 0) is 6.54 Å². The fraction of sp³-hybridized carbons (Fsp3) is 0.769. The van der Waals surface area contributed by atoms with Crippen molar-refractivity contribution in [2.24, 2.45) is 5.92 Å². The summed E-state index contributed by atoms with van der Waals surface area (Å²) in [4.78, 5) is 0. The van der Waals surface area contributed by atoms with E-state index in [9.17, 15) is 0 Å². The van der Waals surface area contributed by atoms with Crippen LogP contribution in [0.15, 0.2) is 12.4 Å². The molecule has 1 atom stereocenters. The third-order valence-corrected chi connectivity index (χ3v) is 3.65. The van der Waals surface area contributed by atoms with Gasteiger partial charge in [0.2, 0.25) is 0 Å². The molecular weight excluding hydrogens is 198 g/mol. The molecule has 1 fully saturated rings. The maximum Gasteiger partial charge on any atom is 0.0537 e. The molecule has 90 valence electrons. The summed E-state index contributed by atoms with van der Waals surface area (Å²) in [5, 5.41) is 7.82. The number of hydrogen-bond donors (Lipinski definition) is 1. The third-order valence-electron chi connectivity index (χ3n) is 3.65. The molecule has 0 spiro atoms. The van der Waals surface area contributed by atoms with E-state index < -0.39 is 0 Å². The Morgan fingerprint density at radius 1 is 1.56 bits per heavy atom. The topological polar surface area (TPSA) is 29.9 Å². The van der Waals surface area contributed by atoms with E-state index >= 15 is 0 Å². The summed E-state index contributed by atoms with van der Waals surface area (Å²) >= 11 is 0. The molecule has 0 aliphatic heterocycles. The fourth-order valence-corrected chi connectivity index (χ4v) is 2.39. The van der Waals surface area contributed by atoms with Crippen LogP contribution in [0.1, 0.15) is 50.6 Å². The van der Waals surface area contributed by atoms with Gasteiger partial charge in [-0.3, -0.25) is 4.68 Å². The molecule has 0 amide bonds. The molecule has 1 N–H and O–H groups in total. The maximum atomic E-state index is 4.40. The van der Waals surface area contributed by atoms with Crippen molar-refractivity contribution in [3.05, 3.63) is 18.0 Å². The molecule has 0 aromatic carbocycles. The molecule has 1 aromatic rings. The van der Waals surface area contributed by atoms with E-state index in [1.54, 1.807) is 0 Å². The molecule has 1 aliphatic carbocycles. The van der Waals surface area contributed by atoms with Gasteiger partial charge < -0.3 is 5.32 Å². The van der Waals surface area contributed by atoms with Crippen molar-refractivity contribution in [2.45, 2.75) is 51.6 Å². The fourth-order valence-electron chi connectivity index (χ4n) is 2.39. The van der Waals surface area contributed by atoms with Crippen LogP contribution in [0.3, 0.4) is 0 Å². The Bertz CT molecular complexity index is 315. The first kappa shape index (κ1) is 11.6. The minimum atomic E-state index is 0.496. The molecule has 0 bridgehead atoms. The molecule has 1 saturated carbocycles. The largest absolute Gasteiger partial charge is 0.313 e. The predicted octanol–water partition coefficient (Wildman–Crippen LogP) is 2.74. The molecule has 1 aromatic heterocycles. The van der Waals surface area contributed by atoms with Gasteiger partial charge in [0.05, 0.1) is 6.20 Å². The van der Waals surface area contributed by atoms with E-state index in [-0.39, 0.29) is 0 Å². The Morgan fingerprint density at radius 2 is 2.38 bits per heavy atom. The lowest BCUT2D eigenvalue weighted by molar-refractivity contribution is 0.265. The van der Waals surface area contributed by atoms with Crippen LogP contribution >= 0.6 is 0 Å². The minimum absolute atomic E-state index is 0.496. The van der Waals surface area contributed by atoms with Crippen molar-refractivity contribution in [3.63, 3.8) is 0 Å². The van der Waals surface area contributed by atoms with Crippen molar-refractivity contribution in [3.8, 4) is 0 Å². The predicted molar refractivity (Wildman–Crippen MR) is 66.3 cm³/mol. The third kappa shape index (κ3) is 2.64. The second-order valence-electron chi connectivity index (χ2n) is 4.91. The Morgan fingerprint density at radius 3 is 2.94 bits per heavy atom. The molecular formula is C13H23N3. The lowest BCUT2D eigenvalue weighted by atomic mass is 9.80. The van der Waals surface area contributed by atoms with E-state index in [1.165, 1.54) is 31.2 Å². The van der Waals surface area contributed by atoms with Gasteiger partial charge in [0.15, 0.2) is 0 Å². The lowest BCUT2D eigenvalue weighted by Gasteiger charge is -2.29. The van der Waals surface area contributed by atoms with E-state index in [0.717, 1.165) is 18.9 Å². The van der Waals surface area contributed by atoms with Crippen LogP contribution < -0.4 is 5.32 Å². The van der Waals surface area contributed by atoms with Gasteiger partial charge in [-0.1, -0.05) is 26.2 Å². The quantitative estimate of drug-likeness (QED) is 0.800. The molecule has 16 heavy (non-hydrogen) atoms. The van der Waals surface area contributed by atoms with E-state index in [1.807, 2.05) is 6.20 Å². The van der Waals surface area contributed by atoms with E-state index in [4.69, 9.17) is 0 Å². The number of aryl methyl sites for hydroxylation is 1. The highest BCUT2D eigenvalue weighted by Crippen LogP contribution is 2.34. The first-order chi connectivity index (χ1) is 7.83. The Hall–Kier alpha value is -0.830. The zero-order valence-electron chi connectivity index (χ0n) is 10.4. The second-order valence-corrected chi connectivity index (χ2v) is 4.91. The number of rotatable bonds is 6. The van der Waals surface area contributed by atoms with Crippen LogP contribution in [0, 0.1) is 5.92 Å². The number of nitrogens with zero attached hydrogens (tertiary/aromatic N) is 2. The van der Waals surface area contributed by atoms with Crippen LogP contribution in [0.4, 0.5) is 0 Å². The Kier molecular flexibility index (Phi) is 3.99. The summed E-state index contributed by atoms with van der Waals surface area (Å²) in [5.74, 6) is 0.937. The average Bonchev–Trinajstić information content (AvgIpc) is 2.66. The summed E-state index contributed by atoms with van der Waals surface area (Å²) < 4.78 is 2.06. The van der Waals surface area contributed by atoms with E-state index in [0.29, 0.717) is 6.04 Å². The van der Waals surface area contributed by atoms with E-state index in [2.05, 4.69) is 35.3 Å². The zero-order valence-corrected chi connectivity index (χ0v) is 10.4. The van der Waals surface area contributed by atoms with Crippen molar-refractivity contribution in [1.82, 2.24) is 15.1 Å². The highest BCUT2D eigenvalue weighted by molar-refractivity contribution is 5.10. The zero-order chi connectivity index (χ0) is 11.4. The number of aromatic nitrogens is 2. The van der Waals surface area contributed by atoms with Gasteiger partial charge in [-0.15, -0.1) is 0 Å². The van der Waals surface area contributed by atoms with Crippen LogP contribution in [0.2, 0.25) is 0 Å². The van der Waals surface area contributed by atoms with Gasteiger partial charge in [0.1, 0.15) is 0 Å². The summed E-state index contributed by atoms with van der Waals surface area (Å²) in [6, 6.07) is 0.496. The minimum Gasteiger partial charge on any atom is -0.313 e.